The molecule has 0 N–H and O–H groups in total. The highest BCUT2D eigenvalue weighted by molar-refractivity contribution is 5.91. The second-order valence-corrected chi connectivity index (χ2v) is 8.68. The van der Waals surface area contributed by atoms with E-state index in [2.05, 4.69) is 25.0 Å². The maximum absolute atomic E-state index is 14.4. The smallest absolute Gasteiger partial charge is 0.330 e. The summed E-state index contributed by atoms with van der Waals surface area (Å²) in [6, 6.07) is 24.5. The monoisotopic (exact) mass is 518 g/mol. The normalized spacial score (nSPS) is 10.2. The van der Waals surface area contributed by atoms with Crippen molar-refractivity contribution in [1.29, 1.82) is 0 Å². The fourth-order valence-electron chi connectivity index (χ4n) is 3.82. The molecule has 0 amide bonds. The summed E-state index contributed by atoms with van der Waals surface area (Å²) < 4.78 is 33.8. The van der Waals surface area contributed by atoms with E-state index in [0.29, 0.717) is 16.7 Å². The standard InChI is InChI=1S/C34H24F2O3/c1-3-31(37)19-29-17-15-27(20-32(29)35)25-11-7-23(8-12-25)5-6-24-9-13-26(14-10-24)28-16-18-30(33(36)21-28)22-39-34(38)4-2/h3-4,7-18,20-21H,1-2,19,22H2. The Kier molecular flexibility index (Phi) is 8.60. The summed E-state index contributed by atoms with van der Waals surface area (Å²) in [7, 11) is 0. The molecule has 5 heteroatoms. The van der Waals surface area contributed by atoms with Gasteiger partial charge in [-0.05, 0) is 70.3 Å². The van der Waals surface area contributed by atoms with Gasteiger partial charge in [0, 0.05) is 29.2 Å². The van der Waals surface area contributed by atoms with E-state index in [0.717, 1.165) is 28.3 Å². The van der Waals surface area contributed by atoms with Gasteiger partial charge in [0.1, 0.15) is 18.2 Å². The van der Waals surface area contributed by atoms with Crippen LogP contribution in [0, 0.1) is 23.5 Å². The Bertz CT molecular complexity index is 1610. The zero-order valence-electron chi connectivity index (χ0n) is 21.0. The van der Waals surface area contributed by atoms with Crippen LogP contribution >= 0.6 is 0 Å². The van der Waals surface area contributed by atoms with Crippen molar-refractivity contribution in [2.45, 2.75) is 13.0 Å². The highest BCUT2D eigenvalue weighted by atomic mass is 19.1. The van der Waals surface area contributed by atoms with Gasteiger partial charge in [0.05, 0.1) is 0 Å². The number of carbonyl (C=O) groups is 2. The van der Waals surface area contributed by atoms with Crippen LogP contribution in [0.15, 0.2) is 110 Å². The molecule has 0 bridgehead atoms. The summed E-state index contributed by atoms with van der Waals surface area (Å²) in [6.45, 7) is 6.58. The quantitative estimate of drug-likeness (QED) is 0.140. The molecule has 3 nitrogen and oxygen atoms in total. The highest BCUT2D eigenvalue weighted by Crippen LogP contribution is 2.24. The van der Waals surface area contributed by atoms with Crippen LogP contribution in [0.2, 0.25) is 0 Å². The Morgan fingerprint density at radius 3 is 1.56 bits per heavy atom. The number of ether oxygens (including phenoxy) is 1. The van der Waals surface area contributed by atoms with Gasteiger partial charge in [-0.25, -0.2) is 13.6 Å². The Balaban J connectivity index is 1.42. The fraction of sp³-hybridized carbons (Fsp3) is 0.0588. The minimum atomic E-state index is -0.606. The molecular weight excluding hydrogens is 494 g/mol. The minimum absolute atomic E-state index is 0.0106. The molecular formula is C34H24F2O3. The van der Waals surface area contributed by atoms with E-state index in [4.69, 9.17) is 4.74 Å². The molecule has 0 unspecified atom stereocenters. The van der Waals surface area contributed by atoms with E-state index in [1.165, 1.54) is 18.2 Å². The van der Waals surface area contributed by atoms with Crippen molar-refractivity contribution in [2.24, 2.45) is 0 Å². The first-order chi connectivity index (χ1) is 18.9. The van der Waals surface area contributed by atoms with E-state index in [1.54, 1.807) is 24.3 Å². The largest absolute Gasteiger partial charge is 0.458 e. The Labute approximate surface area is 226 Å². The van der Waals surface area contributed by atoms with Crippen molar-refractivity contribution in [3.8, 4) is 34.1 Å². The van der Waals surface area contributed by atoms with Gasteiger partial charge in [0.25, 0.3) is 0 Å². The van der Waals surface area contributed by atoms with Crippen molar-refractivity contribution in [2.75, 3.05) is 0 Å². The van der Waals surface area contributed by atoms with Crippen LogP contribution in [0.25, 0.3) is 22.3 Å². The Morgan fingerprint density at radius 1 is 0.667 bits per heavy atom. The van der Waals surface area contributed by atoms with Crippen LogP contribution in [0.5, 0.6) is 0 Å². The average molecular weight is 519 g/mol. The van der Waals surface area contributed by atoms with Crippen molar-refractivity contribution in [3.63, 3.8) is 0 Å². The van der Waals surface area contributed by atoms with E-state index >= 15 is 0 Å². The lowest BCUT2D eigenvalue weighted by Gasteiger charge is -2.07. The maximum atomic E-state index is 14.4. The predicted molar refractivity (Wildman–Crippen MR) is 149 cm³/mol. The van der Waals surface area contributed by atoms with Gasteiger partial charge in [-0.15, -0.1) is 0 Å². The van der Waals surface area contributed by atoms with Crippen LogP contribution in [0.4, 0.5) is 8.78 Å². The Hall–Kier alpha value is -5.08. The van der Waals surface area contributed by atoms with Crippen molar-refractivity contribution < 1.29 is 23.1 Å². The summed E-state index contributed by atoms with van der Waals surface area (Å²) in [5.74, 6) is 4.50. The van der Waals surface area contributed by atoms with Crippen LogP contribution in [-0.4, -0.2) is 11.8 Å². The molecule has 0 aliphatic rings. The molecule has 192 valence electrons. The SMILES string of the molecule is C=CC(=O)Cc1ccc(-c2ccc(C#Cc3ccc(-c4ccc(COC(=O)C=C)c(F)c4)cc3)cc2)cc1F. The molecule has 0 aliphatic heterocycles. The second-order valence-electron chi connectivity index (χ2n) is 8.68. The summed E-state index contributed by atoms with van der Waals surface area (Å²) >= 11 is 0. The third-order valence-electron chi connectivity index (χ3n) is 6.02. The van der Waals surface area contributed by atoms with Gasteiger partial charge in [-0.3, -0.25) is 4.79 Å². The third-order valence-corrected chi connectivity index (χ3v) is 6.02. The summed E-state index contributed by atoms with van der Waals surface area (Å²) in [4.78, 5) is 22.7. The van der Waals surface area contributed by atoms with E-state index in [-0.39, 0.29) is 24.4 Å². The predicted octanol–water partition coefficient (Wildman–Crippen LogP) is 7.23. The van der Waals surface area contributed by atoms with Crippen molar-refractivity contribution in [1.82, 2.24) is 0 Å². The van der Waals surface area contributed by atoms with E-state index < -0.39 is 17.6 Å². The second kappa shape index (κ2) is 12.4. The Morgan fingerprint density at radius 2 is 1.13 bits per heavy atom. The fourth-order valence-corrected chi connectivity index (χ4v) is 3.82. The van der Waals surface area contributed by atoms with Crippen LogP contribution in [0.1, 0.15) is 22.3 Å². The molecule has 0 saturated heterocycles. The van der Waals surface area contributed by atoms with Crippen molar-refractivity contribution in [3.05, 3.63) is 144 Å². The van der Waals surface area contributed by atoms with Crippen LogP contribution < -0.4 is 0 Å². The molecule has 0 radical (unpaired) electrons. The summed E-state index contributed by atoms with van der Waals surface area (Å²) in [6.07, 6.45) is 2.21. The topological polar surface area (TPSA) is 43.4 Å². The number of allylic oxidation sites excluding steroid dienone is 1. The molecule has 0 aromatic heterocycles. The third kappa shape index (κ3) is 7.03. The van der Waals surface area contributed by atoms with Crippen LogP contribution in [0.3, 0.4) is 0 Å². The van der Waals surface area contributed by atoms with Gasteiger partial charge in [-0.2, -0.15) is 0 Å². The average Bonchev–Trinajstić information content (AvgIpc) is 2.96. The molecule has 4 aromatic rings. The number of carbonyl (C=O) groups excluding carboxylic acids is 2. The number of hydrogen-bond acceptors (Lipinski definition) is 3. The molecule has 0 heterocycles. The van der Waals surface area contributed by atoms with Gasteiger partial charge in [0.2, 0.25) is 0 Å². The zero-order valence-corrected chi connectivity index (χ0v) is 21.0. The van der Waals surface area contributed by atoms with Gasteiger partial charge in [0.15, 0.2) is 5.78 Å². The molecule has 0 saturated carbocycles. The molecule has 4 rings (SSSR count). The van der Waals surface area contributed by atoms with Crippen LogP contribution in [-0.2, 0) is 27.4 Å². The molecule has 0 atom stereocenters. The van der Waals surface area contributed by atoms with Gasteiger partial charge >= 0.3 is 5.97 Å². The first-order valence-electron chi connectivity index (χ1n) is 12.1. The lowest BCUT2D eigenvalue weighted by molar-refractivity contribution is -0.139. The number of ketones is 1. The van der Waals surface area contributed by atoms with Gasteiger partial charge < -0.3 is 4.74 Å². The summed E-state index contributed by atoms with van der Waals surface area (Å²) in [5.41, 5.74) is 5.27. The molecule has 4 aromatic carbocycles. The highest BCUT2D eigenvalue weighted by Gasteiger charge is 2.09. The van der Waals surface area contributed by atoms with Crippen molar-refractivity contribution >= 4 is 11.8 Å². The number of hydrogen-bond donors (Lipinski definition) is 0. The number of rotatable bonds is 8. The zero-order chi connectivity index (χ0) is 27.8. The lowest BCUT2D eigenvalue weighted by atomic mass is 10.00. The number of benzene rings is 4. The number of esters is 1. The number of halogens is 2. The minimum Gasteiger partial charge on any atom is -0.458 e. The lowest BCUT2D eigenvalue weighted by Crippen LogP contribution is -2.02. The van der Waals surface area contributed by atoms with E-state index in [1.807, 2.05) is 48.5 Å². The molecule has 0 fully saturated rings. The molecule has 0 spiro atoms. The summed E-state index contributed by atoms with van der Waals surface area (Å²) in [5, 5.41) is 0. The first-order valence-corrected chi connectivity index (χ1v) is 12.1. The molecule has 39 heavy (non-hydrogen) atoms. The van der Waals surface area contributed by atoms with Gasteiger partial charge in [-0.1, -0.05) is 73.5 Å². The first kappa shape index (κ1) is 27.0. The van der Waals surface area contributed by atoms with E-state index in [9.17, 15) is 18.4 Å². The maximum Gasteiger partial charge on any atom is 0.330 e. The molecule has 0 aliphatic carbocycles.